The second-order valence-electron chi connectivity index (χ2n) is 5.08. The number of aromatic nitrogens is 1. The molecule has 4 heteroatoms. The van der Waals surface area contributed by atoms with Crippen LogP contribution in [0.1, 0.15) is 25.0 Å². The number of halogens is 1. The van der Waals surface area contributed by atoms with Crippen LogP contribution in [0, 0.1) is 5.82 Å². The summed E-state index contributed by atoms with van der Waals surface area (Å²) in [7, 11) is 0. The van der Waals surface area contributed by atoms with Gasteiger partial charge in [0.25, 0.3) is 0 Å². The summed E-state index contributed by atoms with van der Waals surface area (Å²) in [6, 6.07) is 6.73. The van der Waals surface area contributed by atoms with E-state index in [-0.39, 0.29) is 12.1 Å². The molecule has 1 aromatic heterocycles. The molecule has 2 aromatic rings. The van der Waals surface area contributed by atoms with E-state index >= 15 is 0 Å². The van der Waals surface area contributed by atoms with E-state index in [9.17, 15) is 4.39 Å². The van der Waals surface area contributed by atoms with Gasteiger partial charge >= 0.3 is 0 Å². The number of ether oxygens (including phenoxy) is 2. The first-order chi connectivity index (χ1) is 9.81. The topological polar surface area (TPSA) is 31.4 Å². The molecule has 106 valence electrons. The lowest BCUT2D eigenvalue weighted by molar-refractivity contribution is -0.161. The molecule has 1 aliphatic heterocycles. The Morgan fingerprint density at radius 2 is 2.20 bits per heavy atom. The zero-order chi connectivity index (χ0) is 13.8. The predicted octanol–water partition coefficient (Wildman–Crippen LogP) is 3.46. The average molecular weight is 275 g/mol. The van der Waals surface area contributed by atoms with E-state index in [2.05, 4.69) is 4.98 Å². The van der Waals surface area contributed by atoms with E-state index in [1.54, 1.807) is 12.3 Å². The molecule has 0 spiro atoms. The quantitative estimate of drug-likeness (QED) is 0.856. The van der Waals surface area contributed by atoms with E-state index in [4.69, 9.17) is 9.47 Å². The molecule has 0 amide bonds. The molecular weight excluding hydrogens is 257 g/mol. The summed E-state index contributed by atoms with van der Waals surface area (Å²) < 4.78 is 24.3. The van der Waals surface area contributed by atoms with Gasteiger partial charge in [-0.05, 0) is 42.8 Å². The van der Waals surface area contributed by atoms with Crippen LogP contribution in [0.25, 0.3) is 10.8 Å². The Kier molecular flexibility index (Phi) is 4.23. The van der Waals surface area contributed by atoms with Gasteiger partial charge in [-0.3, -0.25) is 4.98 Å². The zero-order valence-corrected chi connectivity index (χ0v) is 11.3. The third kappa shape index (κ3) is 3.32. The maximum atomic E-state index is 13.1. The highest BCUT2D eigenvalue weighted by molar-refractivity contribution is 5.81. The number of pyridine rings is 1. The zero-order valence-electron chi connectivity index (χ0n) is 11.3. The minimum atomic E-state index is -0.232. The van der Waals surface area contributed by atoms with Crippen molar-refractivity contribution in [3.63, 3.8) is 0 Å². The van der Waals surface area contributed by atoms with Gasteiger partial charge in [-0.2, -0.15) is 0 Å². The average Bonchev–Trinajstić information content (AvgIpc) is 2.48. The number of fused-ring (bicyclic) bond motifs is 1. The third-order valence-corrected chi connectivity index (χ3v) is 3.54. The lowest BCUT2D eigenvalue weighted by atomic mass is 10.1. The van der Waals surface area contributed by atoms with Gasteiger partial charge in [-0.1, -0.05) is 6.07 Å². The summed E-state index contributed by atoms with van der Waals surface area (Å²) >= 11 is 0. The van der Waals surface area contributed by atoms with Crippen molar-refractivity contribution in [1.82, 2.24) is 4.98 Å². The van der Waals surface area contributed by atoms with Crippen LogP contribution in [0.2, 0.25) is 0 Å². The molecule has 1 fully saturated rings. The van der Waals surface area contributed by atoms with Gasteiger partial charge < -0.3 is 9.47 Å². The van der Waals surface area contributed by atoms with Gasteiger partial charge in [0.15, 0.2) is 6.29 Å². The SMILES string of the molecule is Fc1ccc2cc(CCO[C@H]3CCCCO3)ncc2c1. The van der Waals surface area contributed by atoms with E-state index < -0.39 is 0 Å². The Morgan fingerprint density at radius 1 is 1.25 bits per heavy atom. The first kappa shape index (κ1) is 13.5. The van der Waals surface area contributed by atoms with Crippen LogP contribution in [0.3, 0.4) is 0 Å². The number of hydrogen-bond acceptors (Lipinski definition) is 3. The minimum Gasteiger partial charge on any atom is -0.353 e. The van der Waals surface area contributed by atoms with Crippen molar-refractivity contribution in [3.8, 4) is 0 Å². The van der Waals surface area contributed by atoms with Gasteiger partial charge in [0, 0.05) is 30.3 Å². The Labute approximate surface area is 117 Å². The van der Waals surface area contributed by atoms with Crippen molar-refractivity contribution in [3.05, 3.63) is 42.0 Å². The maximum absolute atomic E-state index is 13.1. The van der Waals surface area contributed by atoms with Gasteiger partial charge in [0.1, 0.15) is 5.82 Å². The highest BCUT2D eigenvalue weighted by Crippen LogP contribution is 2.17. The third-order valence-electron chi connectivity index (χ3n) is 3.54. The smallest absolute Gasteiger partial charge is 0.157 e. The fourth-order valence-electron chi connectivity index (χ4n) is 2.43. The Morgan fingerprint density at radius 3 is 3.05 bits per heavy atom. The van der Waals surface area contributed by atoms with Crippen molar-refractivity contribution in [2.24, 2.45) is 0 Å². The van der Waals surface area contributed by atoms with Crippen LogP contribution in [-0.2, 0) is 15.9 Å². The predicted molar refractivity (Wildman–Crippen MR) is 74.9 cm³/mol. The fourth-order valence-corrected chi connectivity index (χ4v) is 2.43. The summed E-state index contributed by atoms with van der Waals surface area (Å²) in [5, 5.41) is 1.83. The Balaban J connectivity index is 1.58. The van der Waals surface area contributed by atoms with Gasteiger partial charge in [0.2, 0.25) is 0 Å². The highest BCUT2D eigenvalue weighted by atomic mass is 19.1. The van der Waals surface area contributed by atoms with E-state index in [1.165, 1.54) is 18.6 Å². The Hall–Kier alpha value is -1.52. The molecule has 1 aromatic carbocycles. The molecule has 0 saturated carbocycles. The molecular formula is C16H18FNO2. The molecule has 0 N–H and O–H groups in total. The molecule has 2 heterocycles. The molecule has 20 heavy (non-hydrogen) atoms. The van der Waals surface area contributed by atoms with Crippen LogP contribution in [-0.4, -0.2) is 24.5 Å². The molecule has 0 bridgehead atoms. The summed E-state index contributed by atoms with van der Waals surface area (Å²) in [5.74, 6) is -0.232. The van der Waals surface area contributed by atoms with Crippen molar-refractivity contribution in [1.29, 1.82) is 0 Å². The number of hydrogen-bond donors (Lipinski definition) is 0. The monoisotopic (exact) mass is 275 g/mol. The molecule has 1 atom stereocenters. The Bertz CT molecular complexity index is 582. The molecule has 0 radical (unpaired) electrons. The highest BCUT2D eigenvalue weighted by Gasteiger charge is 2.13. The van der Waals surface area contributed by atoms with Crippen molar-refractivity contribution >= 4 is 10.8 Å². The largest absolute Gasteiger partial charge is 0.353 e. The normalized spacial score (nSPS) is 19.4. The number of rotatable bonds is 4. The van der Waals surface area contributed by atoms with Crippen molar-refractivity contribution < 1.29 is 13.9 Å². The van der Waals surface area contributed by atoms with Gasteiger partial charge in [-0.15, -0.1) is 0 Å². The lowest BCUT2D eigenvalue weighted by Gasteiger charge is -2.22. The summed E-state index contributed by atoms with van der Waals surface area (Å²) in [6.45, 7) is 1.40. The molecule has 3 nitrogen and oxygen atoms in total. The second kappa shape index (κ2) is 6.29. The maximum Gasteiger partial charge on any atom is 0.157 e. The minimum absolute atomic E-state index is 0.0571. The van der Waals surface area contributed by atoms with E-state index in [1.807, 2.05) is 6.07 Å². The molecule has 0 unspecified atom stereocenters. The lowest BCUT2D eigenvalue weighted by Crippen LogP contribution is -2.23. The molecule has 3 rings (SSSR count). The van der Waals surface area contributed by atoms with Gasteiger partial charge in [-0.25, -0.2) is 4.39 Å². The number of nitrogens with zero attached hydrogens (tertiary/aromatic N) is 1. The van der Waals surface area contributed by atoms with E-state index in [0.29, 0.717) is 6.61 Å². The van der Waals surface area contributed by atoms with Crippen molar-refractivity contribution in [2.75, 3.05) is 13.2 Å². The summed E-state index contributed by atoms with van der Waals surface area (Å²) in [6.07, 6.45) is 5.67. The summed E-state index contributed by atoms with van der Waals surface area (Å²) in [4.78, 5) is 4.34. The first-order valence-corrected chi connectivity index (χ1v) is 7.09. The van der Waals surface area contributed by atoms with Crippen molar-refractivity contribution in [2.45, 2.75) is 32.0 Å². The van der Waals surface area contributed by atoms with Crippen LogP contribution in [0.15, 0.2) is 30.5 Å². The molecule has 1 aliphatic rings. The van der Waals surface area contributed by atoms with Crippen LogP contribution in [0.5, 0.6) is 0 Å². The number of benzene rings is 1. The van der Waals surface area contributed by atoms with E-state index in [0.717, 1.165) is 42.3 Å². The first-order valence-electron chi connectivity index (χ1n) is 7.09. The molecule has 1 saturated heterocycles. The molecule has 0 aliphatic carbocycles. The summed E-state index contributed by atoms with van der Waals surface area (Å²) in [5.41, 5.74) is 0.958. The van der Waals surface area contributed by atoms with Crippen LogP contribution >= 0.6 is 0 Å². The van der Waals surface area contributed by atoms with Gasteiger partial charge in [0.05, 0.1) is 6.61 Å². The van der Waals surface area contributed by atoms with Crippen LogP contribution < -0.4 is 0 Å². The standard InChI is InChI=1S/C16H18FNO2/c17-14-5-4-12-10-15(18-11-13(12)9-14)6-8-20-16-3-1-2-7-19-16/h4-5,9-11,16H,1-3,6-8H2/t16-/m0/s1. The van der Waals surface area contributed by atoms with Crippen LogP contribution in [0.4, 0.5) is 4.39 Å². The fraction of sp³-hybridized carbons (Fsp3) is 0.438. The second-order valence-corrected chi connectivity index (χ2v) is 5.08.